The van der Waals surface area contributed by atoms with E-state index in [1.807, 2.05) is 6.92 Å². The first kappa shape index (κ1) is 16.0. The average Bonchev–Trinajstić information content (AvgIpc) is 2.34. The highest BCUT2D eigenvalue weighted by atomic mass is 32.2. The van der Waals surface area contributed by atoms with Crippen LogP contribution in [-0.4, -0.2) is 23.0 Å². The molecule has 0 unspecified atom stereocenters. The molecule has 1 N–H and O–H groups in total. The highest BCUT2D eigenvalue weighted by Crippen LogP contribution is 2.10. The molecule has 0 saturated carbocycles. The first-order valence-corrected chi connectivity index (χ1v) is 11.4. The Kier molecular flexibility index (Phi) is 5.35. The molecule has 0 atom stereocenters. The lowest BCUT2D eigenvalue weighted by Gasteiger charge is -2.06. The van der Waals surface area contributed by atoms with Gasteiger partial charge in [0.2, 0.25) is 10.0 Å². The summed E-state index contributed by atoms with van der Waals surface area (Å²) in [4.78, 5) is 0.291. The zero-order valence-electron chi connectivity index (χ0n) is 11.9. The van der Waals surface area contributed by atoms with Crippen molar-refractivity contribution in [1.82, 2.24) is 4.72 Å². The van der Waals surface area contributed by atoms with Crippen molar-refractivity contribution in [3.63, 3.8) is 0 Å². The van der Waals surface area contributed by atoms with Crippen LogP contribution < -0.4 is 4.72 Å². The topological polar surface area (TPSA) is 46.2 Å². The third-order valence-corrected chi connectivity index (χ3v) is 4.64. The summed E-state index contributed by atoms with van der Waals surface area (Å²) in [5.41, 5.74) is 4.11. The Labute approximate surface area is 117 Å². The summed E-state index contributed by atoms with van der Waals surface area (Å²) in [5.74, 6) is 3.10. The molecule has 0 amide bonds. The predicted molar refractivity (Wildman–Crippen MR) is 82.1 cm³/mol. The summed E-state index contributed by atoms with van der Waals surface area (Å²) < 4.78 is 26.3. The van der Waals surface area contributed by atoms with Gasteiger partial charge < -0.3 is 0 Å². The molecule has 5 heteroatoms. The van der Waals surface area contributed by atoms with Crippen molar-refractivity contribution in [2.75, 3.05) is 6.54 Å². The van der Waals surface area contributed by atoms with E-state index in [1.165, 1.54) is 0 Å². The second kappa shape index (κ2) is 6.37. The van der Waals surface area contributed by atoms with Crippen molar-refractivity contribution in [2.45, 2.75) is 37.9 Å². The van der Waals surface area contributed by atoms with Crippen molar-refractivity contribution in [1.29, 1.82) is 0 Å². The first-order chi connectivity index (χ1) is 8.74. The summed E-state index contributed by atoms with van der Waals surface area (Å²) in [7, 11) is -4.77. The largest absolute Gasteiger partial charge is 0.240 e. The lowest BCUT2D eigenvalue weighted by molar-refractivity contribution is 0.581. The Morgan fingerprint density at radius 3 is 2.21 bits per heavy atom. The molecule has 1 rings (SSSR count). The van der Waals surface area contributed by atoms with Crippen LogP contribution >= 0.6 is 0 Å². The number of hydrogen-bond donors (Lipinski definition) is 1. The van der Waals surface area contributed by atoms with Crippen LogP contribution in [0.15, 0.2) is 29.2 Å². The number of benzene rings is 1. The van der Waals surface area contributed by atoms with E-state index in [0.717, 1.165) is 12.0 Å². The maximum Gasteiger partial charge on any atom is 0.240 e. The fourth-order valence-electron chi connectivity index (χ4n) is 1.30. The van der Waals surface area contributed by atoms with Crippen LogP contribution in [0, 0.1) is 11.5 Å². The van der Waals surface area contributed by atoms with E-state index in [9.17, 15) is 8.42 Å². The van der Waals surface area contributed by atoms with E-state index < -0.39 is 18.1 Å². The monoisotopic (exact) mass is 295 g/mol. The quantitative estimate of drug-likeness (QED) is 0.685. The van der Waals surface area contributed by atoms with Crippen molar-refractivity contribution >= 4 is 18.1 Å². The van der Waals surface area contributed by atoms with Crippen molar-refractivity contribution in [3.05, 3.63) is 29.8 Å². The van der Waals surface area contributed by atoms with Gasteiger partial charge in [-0.05, 0) is 30.7 Å². The minimum Gasteiger partial charge on any atom is -0.211 e. The Bertz CT molecular complexity index is 575. The smallest absolute Gasteiger partial charge is 0.211 e. The molecule has 0 spiro atoms. The number of rotatable bonds is 4. The molecular weight excluding hydrogens is 274 g/mol. The van der Waals surface area contributed by atoms with Gasteiger partial charge in [0.1, 0.15) is 8.07 Å². The molecule has 1 aromatic rings. The third kappa shape index (κ3) is 5.60. The van der Waals surface area contributed by atoms with Crippen LogP contribution in [0.2, 0.25) is 19.6 Å². The van der Waals surface area contributed by atoms with E-state index >= 15 is 0 Å². The highest BCUT2D eigenvalue weighted by molar-refractivity contribution is 7.89. The fourth-order valence-corrected chi connectivity index (χ4v) is 2.95. The standard InChI is InChI=1S/C14H21NO2SSi/c1-5-11-15-18(16,17)14-8-6-13(7-9-14)10-12-19(2,3)4/h6-9,15H,5,11H2,1-4H3. The lowest BCUT2D eigenvalue weighted by Crippen LogP contribution is -2.24. The van der Waals surface area contributed by atoms with Gasteiger partial charge in [0.15, 0.2) is 0 Å². The number of sulfonamides is 1. The van der Waals surface area contributed by atoms with Crippen LogP contribution in [0.5, 0.6) is 0 Å². The SMILES string of the molecule is CCCNS(=O)(=O)c1ccc(C#C[Si](C)(C)C)cc1. The maximum atomic E-state index is 11.9. The highest BCUT2D eigenvalue weighted by Gasteiger charge is 2.12. The minimum absolute atomic E-state index is 0.291. The molecule has 0 bridgehead atoms. The van der Waals surface area contributed by atoms with Crippen molar-refractivity contribution in [3.8, 4) is 11.5 Å². The Hall–Kier alpha value is -1.09. The molecule has 0 aliphatic carbocycles. The van der Waals surface area contributed by atoms with E-state index in [0.29, 0.717) is 11.4 Å². The van der Waals surface area contributed by atoms with Gasteiger partial charge in [0.05, 0.1) is 4.90 Å². The van der Waals surface area contributed by atoms with Crippen LogP contribution in [0.1, 0.15) is 18.9 Å². The minimum atomic E-state index is -3.37. The molecule has 0 aromatic heterocycles. The van der Waals surface area contributed by atoms with Gasteiger partial charge in [-0.25, -0.2) is 13.1 Å². The maximum absolute atomic E-state index is 11.9. The zero-order chi connectivity index (χ0) is 14.5. The predicted octanol–water partition coefficient (Wildman–Crippen LogP) is 2.60. The molecule has 1 aromatic carbocycles. The fraction of sp³-hybridized carbons (Fsp3) is 0.429. The lowest BCUT2D eigenvalue weighted by atomic mass is 10.2. The summed E-state index contributed by atoms with van der Waals surface area (Å²) >= 11 is 0. The molecule has 0 heterocycles. The Balaban J connectivity index is 2.90. The zero-order valence-corrected chi connectivity index (χ0v) is 13.8. The summed E-state index contributed by atoms with van der Waals surface area (Å²) in [6, 6.07) is 6.72. The molecule has 0 aliphatic rings. The molecule has 3 nitrogen and oxygen atoms in total. The van der Waals surface area contributed by atoms with Gasteiger partial charge in [-0.3, -0.25) is 0 Å². The number of hydrogen-bond acceptors (Lipinski definition) is 2. The normalized spacial score (nSPS) is 11.8. The van der Waals surface area contributed by atoms with Gasteiger partial charge >= 0.3 is 0 Å². The second-order valence-electron chi connectivity index (χ2n) is 5.42. The van der Waals surface area contributed by atoms with Gasteiger partial charge in [-0.2, -0.15) is 0 Å². The van der Waals surface area contributed by atoms with Gasteiger partial charge in [-0.1, -0.05) is 32.5 Å². The van der Waals surface area contributed by atoms with Crippen LogP contribution in [-0.2, 0) is 10.0 Å². The first-order valence-electron chi connectivity index (χ1n) is 6.37. The van der Waals surface area contributed by atoms with E-state index in [1.54, 1.807) is 24.3 Å². The van der Waals surface area contributed by atoms with Crippen LogP contribution in [0.3, 0.4) is 0 Å². The number of nitrogens with one attached hydrogen (secondary N) is 1. The molecular formula is C14H21NO2SSi. The summed E-state index contributed by atoms with van der Waals surface area (Å²) in [6.45, 7) is 8.91. The molecule has 0 saturated heterocycles. The summed E-state index contributed by atoms with van der Waals surface area (Å²) in [6.07, 6.45) is 0.777. The van der Waals surface area contributed by atoms with Gasteiger partial charge in [0.25, 0.3) is 0 Å². The average molecular weight is 295 g/mol. The molecule has 0 fully saturated rings. The second-order valence-corrected chi connectivity index (χ2v) is 11.9. The van der Waals surface area contributed by atoms with Crippen LogP contribution in [0.25, 0.3) is 0 Å². The summed E-state index contributed by atoms with van der Waals surface area (Å²) in [5, 5.41) is 0. The Morgan fingerprint density at radius 2 is 1.74 bits per heavy atom. The third-order valence-electron chi connectivity index (χ3n) is 2.29. The van der Waals surface area contributed by atoms with Gasteiger partial charge in [-0.15, -0.1) is 5.54 Å². The van der Waals surface area contributed by atoms with Crippen LogP contribution in [0.4, 0.5) is 0 Å². The molecule has 0 radical (unpaired) electrons. The molecule has 104 valence electrons. The van der Waals surface area contributed by atoms with Crippen molar-refractivity contribution < 1.29 is 8.42 Å². The van der Waals surface area contributed by atoms with E-state index in [2.05, 4.69) is 35.8 Å². The molecule has 19 heavy (non-hydrogen) atoms. The van der Waals surface area contributed by atoms with E-state index in [-0.39, 0.29) is 0 Å². The van der Waals surface area contributed by atoms with Gasteiger partial charge in [0, 0.05) is 12.1 Å². The van der Waals surface area contributed by atoms with E-state index in [4.69, 9.17) is 0 Å². The van der Waals surface area contributed by atoms with Crippen molar-refractivity contribution in [2.24, 2.45) is 0 Å². The Morgan fingerprint density at radius 1 is 1.16 bits per heavy atom. The molecule has 0 aliphatic heterocycles.